The number of rotatable bonds is 1. The van der Waals surface area contributed by atoms with E-state index in [1.807, 2.05) is 0 Å². The van der Waals surface area contributed by atoms with Gasteiger partial charge < -0.3 is 5.73 Å². The fourth-order valence-corrected chi connectivity index (χ4v) is 1.91. The number of nitrogens with one attached hydrogen (secondary N) is 1. The molecule has 4 heteroatoms. The summed E-state index contributed by atoms with van der Waals surface area (Å²) in [5.41, 5.74) is 11.9. The highest BCUT2D eigenvalue weighted by Gasteiger charge is 2.19. The first-order valence-electron chi connectivity index (χ1n) is 5.29. The van der Waals surface area contributed by atoms with E-state index in [4.69, 9.17) is 18.0 Å². The highest BCUT2D eigenvalue weighted by Crippen LogP contribution is 2.27. The predicted octanol–water partition coefficient (Wildman–Crippen LogP) is 2.33. The summed E-state index contributed by atoms with van der Waals surface area (Å²) in [6, 6.07) is 0. The third-order valence-electron chi connectivity index (χ3n) is 2.68. The minimum Gasteiger partial charge on any atom is -0.375 e. The molecule has 1 fully saturated rings. The summed E-state index contributed by atoms with van der Waals surface area (Å²) in [5.74, 6) is 0.694. The van der Waals surface area contributed by atoms with Crippen molar-refractivity contribution in [2.24, 2.45) is 16.8 Å². The Hall–Kier alpha value is -0.900. The van der Waals surface area contributed by atoms with Crippen LogP contribution in [0.4, 0.5) is 0 Å². The second kappa shape index (κ2) is 5.26. The summed E-state index contributed by atoms with van der Waals surface area (Å²) in [7, 11) is 0. The van der Waals surface area contributed by atoms with Gasteiger partial charge in [-0.2, -0.15) is 5.10 Å². The lowest BCUT2D eigenvalue weighted by molar-refractivity contribution is 0.531. The van der Waals surface area contributed by atoms with Gasteiger partial charge in [-0.1, -0.05) is 12.5 Å². The molecule has 84 valence electrons. The topological polar surface area (TPSA) is 50.4 Å². The molecule has 3 nitrogen and oxygen atoms in total. The van der Waals surface area contributed by atoms with Crippen molar-refractivity contribution in [1.29, 1.82) is 0 Å². The number of hydrogen-bond donors (Lipinski definition) is 2. The maximum atomic E-state index is 5.36. The molecule has 0 heterocycles. The molecule has 0 saturated heterocycles. The Labute approximate surface area is 96.8 Å². The molecule has 15 heavy (non-hydrogen) atoms. The van der Waals surface area contributed by atoms with E-state index in [1.165, 1.54) is 17.6 Å². The summed E-state index contributed by atoms with van der Waals surface area (Å²) in [6.45, 7) is 6.50. The fourth-order valence-electron chi connectivity index (χ4n) is 1.86. The van der Waals surface area contributed by atoms with Crippen LogP contribution in [-0.4, -0.2) is 10.8 Å². The van der Waals surface area contributed by atoms with Crippen molar-refractivity contribution in [3.8, 4) is 0 Å². The van der Waals surface area contributed by atoms with Gasteiger partial charge in [-0.25, -0.2) is 0 Å². The lowest BCUT2D eigenvalue weighted by atomic mass is 9.84. The fraction of sp³-hybridized carbons (Fsp3) is 0.636. The van der Waals surface area contributed by atoms with Crippen LogP contribution >= 0.6 is 12.2 Å². The zero-order chi connectivity index (χ0) is 11.4. The van der Waals surface area contributed by atoms with Crippen LogP contribution in [0, 0.1) is 5.92 Å². The van der Waals surface area contributed by atoms with E-state index in [1.54, 1.807) is 0 Å². The molecule has 1 atom stereocenters. The van der Waals surface area contributed by atoms with Gasteiger partial charge in [0, 0.05) is 0 Å². The number of thiocarbonyl (C=S) groups is 1. The van der Waals surface area contributed by atoms with E-state index in [2.05, 4.69) is 31.3 Å². The van der Waals surface area contributed by atoms with Crippen LogP contribution in [0.2, 0.25) is 0 Å². The highest BCUT2D eigenvalue weighted by molar-refractivity contribution is 7.80. The third kappa shape index (κ3) is 3.63. The highest BCUT2D eigenvalue weighted by atomic mass is 32.1. The quantitative estimate of drug-likeness (QED) is 0.532. The largest absolute Gasteiger partial charge is 0.375 e. The Morgan fingerprint density at radius 2 is 2.20 bits per heavy atom. The molecule has 0 aromatic carbocycles. The van der Waals surface area contributed by atoms with E-state index in [0.717, 1.165) is 18.6 Å². The number of hydrogen-bond acceptors (Lipinski definition) is 2. The van der Waals surface area contributed by atoms with Crippen molar-refractivity contribution in [1.82, 2.24) is 5.43 Å². The molecule has 0 aliphatic heterocycles. The molecule has 3 N–H and O–H groups in total. The van der Waals surface area contributed by atoms with E-state index in [0.29, 0.717) is 5.92 Å². The maximum Gasteiger partial charge on any atom is 0.184 e. The van der Waals surface area contributed by atoms with E-state index in [-0.39, 0.29) is 5.11 Å². The molecule has 1 aliphatic rings. The van der Waals surface area contributed by atoms with Gasteiger partial charge in [0.1, 0.15) is 0 Å². The monoisotopic (exact) mass is 225 g/mol. The molecule has 0 radical (unpaired) electrons. The van der Waals surface area contributed by atoms with Crippen molar-refractivity contribution < 1.29 is 0 Å². The van der Waals surface area contributed by atoms with Crippen molar-refractivity contribution in [2.75, 3.05) is 0 Å². The van der Waals surface area contributed by atoms with Gasteiger partial charge in [-0.3, -0.25) is 5.43 Å². The predicted molar refractivity (Wildman–Crippen MR) is 68.7 cm³/mol. The Balaban J connectivity index is 2.84. The first kappa shape index (κ1) is 12.2. The van der Waals surface area contributed by atoms with Crippen LogP contribution in [0.15, 0.2) is 16.2 Å². The first-order valence-corrected chi connectivity index (χ1v) is 5.70. The lowest BCUT2D eigenvalue weighted by Crippen LogP contribution is -2.27. The molecule has 0 aromatic rings. The first-order chi connectivity index (χ1) is 7.00. The number of nitrogens with two attached hydrogens (primary N) is 1. The van der Waals surface area contributed by atoms with Gasteiger partial charge in [0.05, 0.1) is 5.71 Å². The number of nitrogens with zero attached hydrogens (tertiary/aromatic N) is 1. The number of allylic oxidation sites excluding steroid dienone is 2. The average molecular weight is 225 g/mol. The van der Waals surface area contributed by atoms with Crippen LogP contribution in [0.5, 0.6) is 0 Å². The molecule has 1 aliphatic carbocycles. The Bertz CT molecular complexity index is 314. The van der Waals surface area contributed by atoms with Crippen LogP contribution in [-0.2, 0) is 0 Å². The van der Waals surface area contributed by atoms with Crippen LogP contribution in [0.3, 0.4) is 0 Å². The van der Waals surface area contributed by atoms with Crippen LogP contribution in [0.1, 0.15) is 40.0 Å². The minimum absolute atomic E-state index is 0.230. The molecule has 0 aromatic heterocycles. The summed E-state index contributed by atoms with van der Waals surface area (Å²) in [5, 5.41) is 4.51. The lowest BCUT2D eigenvalue weighted by Gasteiger charge is -2.23. The molecule has 1 saturated carbocycles. The Morgan fingerprint density at radius 1 is 1.53 bits per heavy atom. The van der Waals surface area contributed by atoms with E-state index in [9.17, 15) is 0 Å². The van der Waals surface area contributed by atoms with Gasteiger partial charge in [-0.05, 0) is 56.8 Å². The van der Waals surface area contributed by atoms with Gasteiger partial charge in [0.25, 0.3) is 0 Å². The molecule has 0 bridgehead atoms. The molecule has 0 unspecified atom stereocenters. The molecular weight excluding hydrogens is 206 g/mol. The van der Waals surface area contributed by atoms with Crippen molar-refractivity contribution >= 4 is 23.0 Å². The van der Waals surface area contributed by atoms with Crippen LogP contribution in [0.25, 0.3) is 0 Å². The maximum absolute atomic E-state index is 5.36. The standard InChI is InChI=1S/C11H19N3S/c1-7(2)9-5-4-8(3)6-10(9)13-14-11(12)15/h8H,4-6H2,1-3H3,(H3,12,14,15)/b13-10-/t8-/m1/s1. The summed E-state index contributed by atoms with van der Waals surface area (Å²) in [6.07, 6.45) is 3.37. The Morgan fingerprint density at radius 3 is 2.73 bits per heavy atom. The second-order valence-corrected chi connectivity index (χ2v) is 4.80. The smallest absolute Gasteiger partial charge is 0.184 e. The van der Waals surface area contributed by atoms with Crippen molar-refractivity contribution in [3.05, 3.63) is 11.1 Å². The minimum atomic E-state index is 0.230. The van der Waals surface area contributed by atoms with Crippen molar-refractivity contribution in [3.63, 3.8) is 0 Å². The molecule has 0 spiro atoms. The molecule has 0 amide bonds. The summed E-state index contributed by atoms with van der Waals surface area (Å²) < 4.78 is 0. The van der Waals surface area contributed by atoms with E-state index >= 15 is 0 Å². The zero-order valence-electron chi connectivity index (χ0n) is 9.63. The van der Waals surface area contributed by atoms with Gasteiger partial charge in [-0.15, -0.1) is 0 Å². The van der Waals surface area contributed by atoms with Crippen LogP contribution < -0.4 is 11.2 Å². The molecular formula is C11H19N3S. The zero-order valence-corrected chi connectivity index (χ0v) is 10.4. The Kier molecular flexibility index (Phi) is 4.27. The number of hydrazone groups is 1. The van der Waals surface area contributed by atoms with Gasteiger partial charge in [0.2, 0.25) is 0 Å². The average Bonchev–Trinajstić information content (AvgIpc) is 2.14. The van der Waals surface area contributed by atoms with E-state index < -0.39 is 0 Å². The van der Waals surface area contributed by atoms with Gasteiger partial charge in [0.15, 0.2) is 5.11 Å². The summed E-state index contributed by atoms with van der Waals surface area (Å²) >= 11 is 4.74. The third-order valence-corrected chi connectivity index (χ3v) is 2.77. The van der Waals surface area contributed by atoms with Crippen molar-refractivity contribution in [2.45, 2.75) is 40.0 Å². The summed E-state index contributed by atoms with van der Waals surface area (Å²) in [4.78, 5) is 0. The van der Waals surface area contributed by atoms with Gasteiger partial charge >= 0.3 is 0 Å². The second-order valence-electron chi connectivity index (χ2n) is 4.36. The SMILES string of the molecule is CC(C)=C1CC[C@@H](C)C/C1=N/NC(N)=S. The molecule has 1 rings (SSSR count). The normalized spacial score (nSPS) is 24.1.